The molecule has 0 radical (unpaired) electrons. The molecule has 1 aliphatic heterocycles. The molecule has 0 amide bonds. The van der Waals surface area contributed by atoms with Crippen molar-refractivity contribution in [2.75, 3.05) is 6.61 Å². The van der Waals surface area contributed by atoms with E-state index in [2.05, 4.69) is 27.7 Å². The minimum absolute atomic E-state index is 0.306. The van der Waals surface area contributed by atoms with E-state index in [1.807, 2.05) is 0 Å². The van der Waals surface area contributed by atoms with Crippen LogP contribution in [0.1, 0.15) is 34.1 Å². The summed E-state index contributed by atoms with van der Waals surface area (Å²) in [6.07, 6.45) is 1.12. The zero-order valence-electron chi connectivity index (χ0n) is 7.32. The molecule has 0 aromatic rings. The smallest absolute Gasteiger partial charge is 0.0927 e. The van der Waals surface area contributed by atoms with Crippen molar-refractivity contribution in [1.29, 1.82) is 0 Å². The maximum atomic E-state index is 5.37. The summed E-state index contributed by atoms with van der Waals surface area (Å²) >= 11 is 0. The SMILES string of the molecule is CC1=C(C(C)(C)C)CCO1. The van der Waals surface area contributed by atoms with Gasteiger partial charge in [0.15, 0.2) is 0 Å². The lowest BCUT2D eigenvalue weighted by Crippen LogP contribution is -2.08. The molecule has 0 N–H and O–H groups in total. The van der Waals surface area contributed by atoms with E-state index < -0.39 is 0 Å². The predicted octanol–water partition coefficient (Wildman–Crippen LogP) is 2.73. The second-order valence-electron chi connectivity index (χ2n) is 3.88. The topological polar surface area (TPSA) is 9.23 Å². The van der Waals surface area contributed by atoms with Crippen molar-refractivity contribution >= 4 is 0 Å². The molecule has 0 spiro atoms. The minimum atomic E-state index is 0.306. The van der Waals surface area contributed by atoms with Crippen LogP contribution in [0.2, 0.25) is 0 Å². The standard InChI is InChI=1S/C9H16O/c1-7-8(5-6-10-7)9(2,3)4/h5-6H2,1-4H3. The maximum Gasteiger partial charge on any atom is 0.0927 e. The van der Waals surface area contributed by atoms with Crippen molar-refractivity contribution < 1.29 is 4.74 Å². The monoisotopic (exact) mass is 140 g/mol. The Bertz CT molecular complexity index is 160. The summed E-state index contributed by atoms with van der Waals surface area (Å²) in [6.45, 7) is 9.66. The highest BCUT2D eigenvalue weighted by atomic mass is 16.5. The normalized spacial score (nSPS) is 19.6. The zero-order valence-corrected chi connectivity index (χ0v) is 7.32. The summed E-state index contributed by atoms with van der Waals surface area (Å²) in [5.74, 6) is 1.15. The van der Waals surface area contributed by atoms with E-state index in [0.717, 1.165) is 18.8 Å². The van der Waals surface area contributed by atoms with Crippen LogP contribution in [0.3, 0.4) is 0 Å². The summed E-state index contributed by atoms with van der Waals surface area (Å²) in [5.41, 5.74) is 1.79. The summed E-state index contributed by atoms with van der Waals surface area (Å²) in [5, 5.41) is 0. The largest absolute Gasteiger partial charge is 0.498 e. The molecule has 1 aliphatic rings. The van der Waals surface area contributed by atoms with Gasteiger partial charge in [-0.15, -0.1) is 0 Å². The molecular formula is C9H16O. The van der Waals surface area contributed by atoms with Crippen LogP contribution in [0.25, 0.3) is 0 Å². The molecule has 1 nitrogen and oxygen atoms in total. The highest BCUT2D eigenvalue weighted by molar-refractivity contribution is 5.17. The van der Waals surface area contributed by atoms with Gasteiger partial charge >= 0.3 is 0 Å². The van der Waals surface area contributed by atoms with Crippen LogP contribution in [-0.4, -0.2) is 6.61 Å². The van der Waals surface area contributed by atoms with Gasteiger partial charge in [-0.3, -0.25) is 0 Å². The molecule has 1 heterocycles. The third-order valence-electron chi connectivity index (χ3n) is 2.00. The summed E-state index contributed by atoms with van der Waals surface area (Å²) in [6, 6.07) is 0. The number of hydrogen-bond donors (Lipinski definition) is 0. The Balaban J connectivity index is 2.81. The van der Waals surface area contributed by atoms with E-state index in [1.54, 1.807) is 0 Å². The Labute approximate surface area is 63.1 Å². The quantitative estimate of drug-likeness (QED) is 0.502. The third-order valence-corrected chi connectivity index (χ3v) is 2.00. The number of ether oxygens (including phenoxy) is 1. The molecule has 0 bridgehead atoms. The lowest BCUT2D eigenvalue weighted by atomic mass is 9.85. The molecule has 0 fully saturated rings. The highest BCUT2D eigenvalue weighted by Gasteiger charge is 2.23. The highest BCUT2D eigenvalue weighted by Crippen LogP contribution is 2.34. The van der Waals surface area contributed by atoms with Gasteiger partial charge in [0.25, 0.3) is 0 Å². The fourth-order valence-corrected chi connectivity index (χ4v) is 1.47. The summed E-state index contributed by atoms with van der Waals surface area (Å²) in [4.78, 5) is 0. The van der Waals surface area contributed by atoms with Gasteiger partial charge in [0.1, 0.15) is 0 Å². The third kappa shape index (κ3) is 1.34. The van der Waals surface area contributed by atoms with Crippen molar-refractivity contribution in [2.45, 2.75) is 34.1 Å². The molecule has 0 unspecified atom stereocenters. The van der Waals surface area contributed by atoms with E-state index in [4.69, 9.17) is 4.74 Å². The van der Waals surface area contributed by atoms with Gasteiger partial charge in [-0.2, -0.15) is 0 Å². The number of hydrogen-bond acceptors (Lipinski definition) is 1. The molecule has 0 aromatic heterocycles. The van der Waals surface area contributed by atoms with Gasteiger partial charge in [0, 0.05) is 6.42 Å². The van der Waals surface area contributed by atoms with E-state index in [-0.39, 0.29) is 0 Å². The lowest BCUT2D eigenvalue weighted by Gasteiger charge is -2.19. The Hall–Kier alpha value is -0.460. The minimum Gasteiger partial charge on any atom is -0.498 e. The van der Waals surface area contributed by atoms with Gasteiger partial charge in [-0.05, 0) is 17.9 Å². The van der Waals surface area contributed by atoms with Gasteiger partial charge in [0.2, 0.25) is 0 Å². The number of rotatable bonds is 0. The lowest BCUT2D eigenvalue weighted by molar-refractivity contribution is 0.246. The Morgan fingerprint density at radius 1 is 1.30 bits per heavy atom. The molecular weight excluding hydrogens is 124 g/mol. The first-order valence-electron chi connectivity index (χ1n) is 3.85. The molecule has 0 aromatic carbocycles. The van der Waals surface area contributed by atoms with Crippen LogP contribution in [-0.2, 0) is 4.74 Å². The molecule has 0 saturated heterocycles. The van der Waals surface area contributed by atoms with Crippen molar-refractivity contribution in [3.8, 4) is 0 Å². The fourth-order valence-electron chi connectivity index (χ4n) is 1.47. The van der Waals surface area contributed by atoms with Crippen LogP contribution in [0.4, 0.5) is 0 Å². The van der Waals surface area contributed by atoms with E-state index in [0.29, 0.717) is 5.41 Å². The van der Waals surface area contributed by atoms with Crippen LogP contribution < -0.4 is 0 Å². The first-order valence-corrected chi connectivity index (χ1v) is 3.85. The molecule has 0 atom stereocenters. The van der Waals surface area contributed by atoms with E-state index >= 15 is 0 Å². The van der Waals surface area contributed by atoms with Gasteiger partial charge < -0.3 is 4.74 Å². The molecule has 1 rings (SSSR count). The Morgan fingerprint density at radius 2 is 1.90 bits per heavy atom. The fraction of sp³-hybridized carbons (Fsp3) is 0.778. The molecule has 0 aliphatic carbocycles. The van der Waals surface area contributed by atoms with Crippen molar-refractivity contribution in [1.82, 2.24) is 0 Å². The summed E-state index contributed by atoms with van der Waals surface area (Å²) in [7, 11) is 0. The second-order valence-corrected chi connectivity index (χ2v) is 3.88. The molecule has 10 heavy (non-hydrogen) atoms. The van der Waals surface area contributed by atoms with E-state index in [1.165, 1.54) is 5.57 Å². The zero-order chi connectivity index (χ0) is 7.78. The molecule has 58 valence electrons. The van der Waals surface area contributed by atoms with Crippen molar-refractivity contribution in [3.05, 3.63) is 11.3 Å². The van der Waals surface area contributed by atoms with Crippen LogP contribution in [0.5, 0.6) is 0 Å². The van der Waals surface area contributed by atoms with Gasteiger partial charge in [-0.25, -0.2) is 0 Å². The van der Waals surface area contributed by atoms with Crippen LogP contribution in [0, 0.1) is 5.41 Å². The first kappa shape index (κ1) is 7.64. The van der Waals surface area contributed by atoms with Crippen LogP contribution in [0.15, 0.2) is 11.3 Å². The average molecular weight is 140 g/mol. The predicted molar refractivity (Wildman–Crippen MR) is 42.7 cm³/mol. The summed E-state index contributed by atoms with van der Waals surface area (Å²) < 4.78 is 5.37. The van der Waals surface area contributed by atoms with Gasteiger partial charge in [-0.1, -0.05) is 20.8 Å². The second kappa shape index (κ2) is 2.30. The first-order chi connectivity index (χ1) is 4.52. The number of allylic oxidation sites excluding steroid dienone is 1. The van der Waals surface area contributed by atoms with E-state index in [9.17, 15) is 0 Å². The van der Waals surface area contributed by atoms with Crippen LogP contribution >= 0.6 is 0 Å². The Kier molecular flexibility index (Phi) is 1.76. The molecule has 0 saturated carbocycles. The van der Waals surface area contributed by atoms with Crippen molar-refractivity contribution in [3.63, 3.8) is 0 Å². The maximum absolute atomic E-state index is 5.37. The van der Waals surface area contributed by atoms with Gasteiger partial charge in [0.05, 0.1) is 12.4 Å². The van der Waals surface area contributed by atoms with Crippen molar-refractivity contribution in [2.24, 2.45) is 5.41 Å². The Morgan fingerprint density at radius 3 is 2.10 bits per heavy atom. The molecule has 1 heteroatoms. The average Bonchev–Trinajstić information content (AvgIpc) is 2.11.